The van der Waals surface area contributed by atoms with Crippen LogP contribution in [0.5, 0.6) is 0 Å². The largest absolute Gasteiger partial charge is 0.317 e. The molecule has 4 atom stereocenters. The van der Waals surface area contributed by atoms with Crippen LogP contribution in [-0.2, 0) is 0 Å². The van der Waals surface area contributed by atoms with Gasteiger partial charge in [0.25, 0.3) is 0 Å². The molecule has 2 aliphatic rings. The summed E-state index contributed by atoms with van der Waals surface area (Å²) >= 11 is 0. The topological polar surface area (TPSA) is 0 Å². The molecule has 2 heterocycles. The maximum absolute atomic E-state index is 2.47. The summed E-state index contributed by atoms with van der Waals surface area (Å²) in [4.78, 5) is 0. The zero-order valence-electron chi connectivity index (χ0n) is 13.3. The quantitative estimate of drug-likeness (QED) is 0.641. The minimum atomic E-state index is 0.824. The Morgan fingerprint density at radius 2 is 1.56 bits per heavy atom. The summed E-state index contributed by atoms with van der Waals surface area (Å²) in [7, 11) is 0. The van der Waals surface area contributed by atoms with E-state index < -0.39 is 0 Å². The lowest BCUT2D eigenvalue weighted by atomic mass is 9.72. The summed E-state index contributed by atoms with van der Waals surface area (Å²) in [6.07, 6.45) is 8.99. The van der Waals surface area contributed by atoms with Crippen molar-refractivity contribution in [2.75, 3.05) is 6.54 Å². The third-order valence-electron chi connectivity index (χ3n) is 5.96. The van der Waals surface area contributed by atoms with Gasteiger partial charge in [-0.1, -0.05) is 13.8 Å². The molecular weight excluding hydrogens is 218 g/mol. The Morgan fingerprint density at radius 1 is 1.00 bits per heavy atom. The molecular formula is C17H34N+. The van der Waals surface area contributed by atoms with Gasteiger partial charge in [-0.2, -0.15) is 0 Å². The number of hydrogen-bond donors (Lipinski definition) is 0. The van der Waals surface area contributed by atoms with Gasteiger partial charge in [-0.25, -0.2) is 0 Å². The molecule has 0 aromatic heterocycles. The van der Waals surface area contributed by atoms with Crippen LogP contribution >= 0.6 is 0 Å². The van der Waals surface area contributed by atoms with Crippen LogP contribution in [0.15, 0.2) is 0 Å². The van der Waals surface area contributed by atoms with Crippen LogP contribution in [0.3, 0.4) is 0 Å². The molecule has 1 nitrogen and oxygen atoms in total. The van der Waals surface area contributed by atoms with Gasteiger partial charge in [0.2, 0.25) is 0 Å². The van der Waals surface area contributed by atoms with Gasteiger partial charge >= 0.3 is 0 Å². The highest BCUT2D eigenvalue weighted by molar-refractivity contribution is 4.85. The van der Waals surface area contributed by atoms with E-state index in [-0.39, 0.29) is 0 Å². The van der Waals surface area contributed by atoms with Crippen LogP contribution < -0.4 is 0 Å². The lowest BCUT2D eigenvalue weighted by Crippen LogP contribution is -2.69. The first kappa shape index (κ1) is 14.4. The number of rotatable bonds is 4. The van der Waals surface area contributed by atoms with Crippen LogP contribution in [0.4, 0.5) is 0 Å². The van der Waals surface area contributed by atoms with E-state index >= 15 is 0 Å². The molecule has 1 heteroatoms. The molecule has 18 heavy (non-hydrogen) atoms. The van der Waals surface area contributed by atoms with Crippen LogP contribution in [-0.4, -0.2) is 29.2 Å². The van der Waals surface area contributed by atoms with E-state index in [9.17, 15) is 0 Å². The Balaban J connectivity index is 2.16. The summed E-state index contributed by atoms with van der Waals surface area (Å²) < 4.78 is 1.45. The Bertz CT molecular complexity index is 255. The van der Waals surface area contributed by atoms with Crippen molar-refractivity contribution in [2.45, 2.75) is 91.3 Å². The highest BCUT2D eigenvalue weighted by atomic mass is 15.4. The molecule has 2 bridgehead atoms. The first-order valence-electron chi connectivity index (χ1n) is 8.37. The van der Waals surface area contributed by atoms with Gasteiger partial charge in [-0.3, -0.25) is 0 Å². The van der Waals surface area contributed by atoms with Gasteiger partial charge < -0.3 is 4.48 Å². The minimum absolute atomic E-state index is 0.824. The number of nitrogens with zero attached hydrogens (tertiary/aromatic N) is 1. The van der Waals surface area contributed by atoms with Gasteiger partial charge in [0.05, 0.1) is 24.7 Å². The second kappa shape index (κ2) is 5.53. The Labute approximate surface area is 115 Å². The summed E-state index contributed by atoms with van der Waals surface area (Å²) in [6, 6.07) is 2.78. The third kappa shape index (κ3) is 2.35. The van der Waals surface area contributed by atoms with Gasteiger partial charge in [-0.15, -0.1) is 0 Å². The number of piperidine rings is 2. The second-order valence-electron chi connectivity index (χ2n) is 7.61. The van der Waals surface area contributed by atoms with E-state index in [1.165, 1.54) is 49.6 Å². The lowest BCUT2D eigenvalue weighted by Gasteiger charge is -2.59. The van der Waals surface area contributed by atoms with Crippen molar-refractivity contribution in [3.05, 3.63) is 0 Å². The minimum Gasteiger partial charge on any atom is -0.317 e. The molecule has 2 rings (SSSR count). The number of fused-ring (bicyclic) bond motifs is 2. The van der Waals surface area contributed by atoms with Crippen LogP contribution in [0.25, 0.3) is 0 Å². The normalized spacial score (nSPS) is 40.5. The molecule has 0 spiro atoms. The zero-order valence-corrected chi connectivity index (χ0v) is 13.3. The van der Waals surface area contributed by atoms with E-state index in [4.69, 9.17) is 0 Å². The predicted octanol–water partition coefficient (Wildman–Crippen LogP) is 4.61. The Morgan fingerprint density at radius 3 is 1.94 bits per heavy atom. The maximum Gasteiger partial charge on any atom is 0.0897 e. The molecule has 2 aliphatic heterocycles. The molecule has 0 saturated carbocycles. The monoisotopic (exact) mass is 252 g/mol. The Kier molecular flexibility index (Phi) is 4.41. The highest BCUT2D eigenvalue weighted by Gasteiger charge is 2.51. The van der Waals surface area contributed by atoms with Crippen molar-refractivity contribution in [1.29, 1.82) is 0 Å². The third-order valence-corrected chi connectivity index (χ3v) is 5.96. The van der Waals surface area contributed by atoms with E-state index in [0.717, 1.165) is 30.0 Å². The molecule has 0 radical (unpaired) electrons. The summed E-state index contributed by atoms with van der Waals surface area (Å²) in [5.74, 6) is 1.91. The maximum atomic E-state index is 2.47. The van der Waals surface area contributed by atoms with Crippen molar-refractivity contribution in [3.8, 4) is 0 Å². The van der Waals surface area contributed by atoms with E-state index in [1.807, 2.05) is 0 Å². The molecule has 2 saturated heterocycles. The number of quaternary nitrogens is 1. The number of hydrogen-bond acceptors (Lipinski definition) is 0. The fourth-order valence-electron chi connectivity index (χ4n) is 5.45. The SMILES string of the molecule is CC[N+]1(C(C)C)[C@@H]2CCC[C@H]1CC(CC(C)C)C2. The molecule has 0 aromatic carbocycles. The van der Waals surface area contributed by atoms with E-state index in [0.29, 0.717) is 0 Å². The average Bonchev–Trinajstić information content (AvgIpc) is 2.26. The average molecular weight is 252 g/mol. The molecule has 0 aliphatic carbocycles. The highest BCUT2D eigenvalue weighted by Crippen LogP contribution is 2.46. The predicted molar refractivity (Wildman–Crippen MR) is 79.5 cm³/mol. The first-order valence-corrected chi connectivity index (χ1v) is 8.37. The summed E-state index contributed by atoms with van der Waals surface area (Å²) in [5, 5.41) is 0. The van der Waals surface area contributed by atoms with Gasteiger partial charge in [0.15, 0.2) is 0 Å². The van der Waals surface area contributed by atoms with E-state index in [1.54, 1.807) is 0 Å². The zero-order chi connectivity index (χ0) is 13.3. The van der Waals surface area contributed by atoms with Crippen molar-refractivity contribution >= 4 is 0 Å². The summed E-state index contributed by atoms with van der Waals surface area (Å²) in [5.41, 5.74) is 0. The van der Waals surface area contributed by atoms with Gasteiger partial charge in [-0.05, 0) is 58.3 Å². The molecule has 2 unspecified atom stereocenters. The second-order valence-corrected chi connectivity index (χ2v) is 7.61. The lowest BCUT2D eigenvalue weighted by molar-refractivity contribution is -1.00. The Hall–Kier alpha value is -0.0400. The van der Waals surface area contributed by atoms with Gasteiger partial charge in [0.1, 0.15) is 0 Å². The van der Waals surface area contributed by atoms with Crippen molar-refractivity contribution < 1.29 is 4.48 Å². The first-order chi connectivity index (χ1) is 8.50. The van der Waals surface area contributed by atoms with Gasteiger partial charge in [0, 0.05) is 12.8 Å². The van der Waals surface area contributed by atoms with Crippen LogP contribution in [0, 0.1) is 11.8 Å². The fraction of sp³-hybridized carbons (Fsp3) is 1.00. The molecule has 2 fully saturated rings. The van der Waals surface area contributed by atoms with Crippen LogP contribution in [0.1, 0.15) is 73.1 Å². The molecule has 0 amide bonds. The molecule has 0 aromatic rings. The fourth-order valence-corrected chi connectivity index (χ4v) is 5.45. The van der Waals surface area contributed by atoms with Crippen molar-refractivity contribution in [3.63, 3.8) is 0 Å². The van der Waals surface area contributed by atoms with Crippen molar-refractivity contribution in [1.82, 2.24) is 0 Å². The smallest absolute Gasteiger partial charge is 0.0897 e. The van der Waals surface area contributed by atoms with Crippen LogP contribution in [0.2, 0.25) is 0 Å². The standard InChI is InChI=1S/C17H34N/c1-6-18(14(4)5)16-8-7-9-17(18)12-15(11-16)10-13(2)3/h13-17H,6-12H2,1-5H3/q+1/t15?,16-,17+,18?. The summed E-state index contributed by atoms with van der Waals surface area (Å²) in [6.45, 7) is 13.5. The molecule has 0 N–H and O–H groups in total. The molecule has 106 valence electrons. The van der Waals surface area contributed by atoms with Crippen molar-refractivity contribution in [2.24, 2.45) is 11.8 Å². The van der Waals surface area contributed by atoms with E-state index in [2.05, 4.69) is 34.6 Å².